The first-order valence-electron chi connectivity index (χ1n) is 10.9. The lowest BCUT2D eigenvalue weighted by Crippen LogP contribution is -2.18. The monoisotopic (exact) mass is 468 g/mol. The molecule has 1 saturated heterocycles. The van der Waals surface area contributed by atoms with Gasteiger partial charge >= 0.3 is 0 Å². The van der Waals surface area contributed by atoms with E-state index >= 15 is 0 Å². The van der Waals surface area contributed by atoms with E-state index < -0.39 is 5.82 Å². The third-order valence-corrected chi connectivity index (χ3v) is 5.87. The average Bonchev–Trinajstić information content (AvgIpc) is 3.21. The Kier molecular flexibility index (Phi) is 6.95. The summed E-state index contributed by atoms with van der Waals surface area (Å²) in [6.45, 7) is 5.84. The molecule has 2 unspecified atom stereocenters. The lowest BCUT2D eigenvalue weighted by atomic mass is 10.0. The van der Waals surface area contributed by atoms with Crippen molar-refractivity contribution in [2.45, 2.75) is 52.2 Å². The second-order valence-electron chi connectivity index (χ2n) is 8.23. The van der Waals surface area contributed by atoms with E-state index in [1.54, 1.807) is 12.1 Å². The van der Waals surface area contributed by atoms with Crippen LogP contribution in [0.3, 0.4) is 0 Å². The van der Waals surface area contributed by atoms with Gasteiger partial charge in [-0.3, -0.25) is 4.68 Å². The van der Waals surface area contributed by atoms with E-state index in [0.717, 1.165) is 17.8 Å². The molecule has 0 saturated carbocycles. The zero-order valence-corrected chi connectivity index (χ0v) is 19.8. The number of hydrogen-bond donors (Lipinski definition) is 0. The van der Waals surface area contributed by atoms with Crippen LogP contribution < -0.4 is 0 Å². The Bertz CT molecular complexity index is 1280. The zero-order valence-electron chi connectivity index (χ0n) is 19.1. The molecule has 1 aromatic carbocycles. The van der Waals surface area contributed by atoms with E-state index in [2.05, 4.69) is 32.0 Å². The molecule has 5 rings (SSSR count). The minimum Gasteiger partial charge on any atom is -0.370 e. The Morgan fingerprint density at radius 2 is 1.91 bits per heavy atom. The molecule has 0 aliphatic carbocycles. The van der Waals surface area contributed by atoms with Gasteiger partial charge in [-0.1, -0.05) is 11.6 Å². The predicted octanol–water partition coefficient (Wildman–Crippen LogP) is 5.55. The van der Waals surface area contributed by atoms with Crippen LogP contribution in [0.1, 0.15) is 49.2 Å². The summed E-state index contributed by atoms with van der Waals surface area (Å²) in [6.07, 6.45) is 9.57. The molecule has 0 N–H and O–H groups in total. The van der Waals surface area contributed by atoms with E-state index in [-0.39, 0.29) is 6.10 Å². The van der Waals surface area contributed by atoms with Gasteiger partial charge in [-0.05, 0) is 58.2 Å². The molecule has 3 aromatic heterocycles. The fourth-order valence-electron chi connectivity index (χ4n) is 3.78. The number of fused-ring (bicyclic) bond motifs is 1. The maximum Gasteiger partial charge on any atom is 0.182 e. The molecule has 1 fully saturated rings. The van der Waals surface area contributed by atoms with E-state index in [1.807, 2.05) is 38.0 Å². The number of halogens is 2. The summed E-state index contributed by atoms with van der Waals surface area (Å²) in [6, 6.07) is 4.44. The molecular formula is C24H26ClFN6O. The number of hydrogen-bond acceptors (Lipinski definition) is 6. The van der Waals surface area contributed by atoms with Gasteiger partial charge in [0.15, 0.2) is 5.65 Å². The average molecular weight is 469 g/mol. The molecule has 9 heteroatoms. The van der Waals surface area contributed by atoms with Crippen LogP contribution in [-0.2, 0) is 11.8 Å². The standard InChI is InChI=1S/C14H10ClFN4.C10H16N2O/c1-7-8(2)20-14-13(19-7)12(17-6-18-14)10-4-3-9(15)5-11(10)16;1-8-4-3-5-10(13-8)9-6-11-12(2)7-9/h3-6H,1-2H3;6-8,10H,3-5H2,1-2H3. The number of rotatable bonds is 2. The van der Waals surface area contributed by atoms with Crippen molar-refractivity contribution in [1.29, 1.82) is 0 Å². The number of ether oxygens (including phenoxy) is 1. The summed E-state index contributed by atoms with van der Waals surface area (Å²) < 4.78 is 21.7. The molecule has 4 heterocycles. The summed E-state index contributed by atoms with van der Waals surface area (Å²) >= 11 is 5.77. The molecule has 7 nitrogen and oxygen atoms in total. The highest BCUT2D eigenvalue weighted by Crippen LogP contribution is 2.30. The normalized spacial score (nSPS) is 18.1. The SMILES string of the molecule is CC1CCCC(c2cnn(C)c2)O1.Cc1nc2ncnc(-c3ccc(Cl)cc3F)c2nc1C. The quantitative estimate of drug-likeness (QED) is 0.384. The van der Waals surface area contributed by atoms with Gasteiger partial charge in [-0.2, -0.15) is 5.10 Å². The van der Waals surface area contributed by atoms with Gasteiger partial charge in [0.2, 0.25) is 0 Å². The smallest absolute Gasteiger partial charge is 0.182 e. The molecule has 0 bridgehead atoms. The van der Waals surface area contributed by atoms with Gasteiger partial charge in [-0.15, -0.1) is 0 Å². The molecule has 2 atom stereocenters. The number of nitrogens with zero attached hydrogens (tertiary/aromatic N) is 6. The summed E-state index contributed by atoms with van der Waals surface area (Å²) in [7, 11) is 1.94. The highest BCUT2D eigenvalue weighted by atomic mass is 35.5. The van der Waals surface area contributed by atoms with Crippen LogP contribution in [0.5, 0.6) is 0 Å². The van der Waals surface area contributed by atoms with E-state index in [4.69, 9.17) is 16.3 Å². The molecule has 1 aliphatic heterocycles. The van der Waals surface area contributed by atoms with Crippen LogP contribution in [0.15, 0.2) is 36.9 Å². The fraction of sp³-hybridized carbons (Fsp3) is 0.375. The first-order chi connectivity index (χ1) is 15.8. The lowest BCUT2D eigenvalue weighted by Gasteiger charge is -2.26. The molecule has 0 radical (unpaired) electrons. The molecule has 0 spiro atoms. The van der Waals surface area contributed by atoms with Crippen molar-refractivity contribution < 1.29 is 9.13 Å². The van der Waals surface area contributed by atoms with Gasteiger partial charge in [-0.25, -0.2) is 24.3 Å². The van der Waals surface area contributed by atoms with Gasteiger partial charge in [0.1, 0.15) is 23.4 Å². The molecule has 33 heavy (non-hydrogen) atoms. The van der Waals surface area contributed by atoms with Crippen LogP contribution in [0.2, 0.25) is 5.02 Å². The molecule has 172 valence electrons. The Labute approximate surface area is 197 Å². The van der Waals surface area contributed by atoms with E-state index in [0.29, 0.717) is 33.5 Å². The number of benzene rings is 1. The third kappa shape index (κ3) is 5.34. The van der Waals surface area contributed by atoms with Crippen molar-refractivity contribution in [2.24, 2.45) is 7.05 Å². The molecule has 4 aromatic rings. The highest BCUT2D eigenvalue weighted by Gasteiger charge is 2.21. The minimum absolute atomic E-state index is 0.275. The Balaban J connectivity index is 0.000000172. The summed E-state index contributed by atoms with van der Waals surface area (Å²) in [5, 5.41) is 4.49. The maximum absolute atomic E-state index is 14.1. The van der Waals surface area contributed by atoms with Gasteiger partial charge in [0.25, 0.3) is 0 Å². The second-order valence-corrected chi connectivity index (χ2v) is 8.66. The fourth-order valence-corrected chi connectivity index (χ4v) is 3.94. The minimum atomic E-state index is -0.447. The number of aromatic nitrogens is 6. The molecular weight excluding hydrogens is 443 g/mol. The van der Waals surface area contributed by atoms with Crippen molar-refractivity contribution in [2.75, 3.05) is 0 Å². The summed E-state index contributed by atoms with van der Waals surface area (Å²) in [5.74, 6) is -0.447. The maximum atomic E-state index is 14.1. The Hall–Kier alpha value is -2.97. The van der Waals surface area contributed by atoms with E-state index in [1.165, 1.54) is 30.8 Å². The van der Waals surface area contributed by atoms with Gasteiger partial charge in [0.05, 0.1) is 29.8 Å². The first-order valence-corrected chi connectivity index (χ1v) is 11.2. The summed E-state index contributed by atoms with van der Waals surface area (Å²) in [4.78, 5) is 17.0. The lowest BCUT2D eigenvalue weighted by molar-refractivity contribution is -0.0414. The largest absolute Gasteiger partial charge is 0.370 e. The zero-order chi connectivity index (χ0) is 23.5. The van der Waals surface area contributed by atoms with Crippen LogP contribution in [-0.4, -0.2) is 35.8 Å². The molecule has 1 aliphatic rings. The second kappa shape index (κ2) is 9.89. The van der Waals surface area contributed by atoms with Crippen LogP contribution >= 0.6 is 11.6 Å². The predicted molar refractivity (Wildman–Crippen MR) is 125 cm³/mol. The van der Waals surface area contributed by atoms with Crippen molar-refractivity contribution in [3.8, 4) is 11.3 Å². The van der Waals surface area contributed by atoms with Crippen molar-refractivity contribution >= 4 is 22.8 Å². The third-order valence-electron chi connectivity index (χ3n) is 5.64. The Morgan fingerprint density at radius 3 is 2.61 bits per heavy atom. The van der Waals surface area contributed by atoms with E-state index in [9.17, 15) is 4.39 Å². The topological polar surface area (TPSA) is 78.6 Å². The van der Waals surface area contributed by atoms with Gasteiger partial charge in [0, 0.05) is 29.4 Å². The number of aryl methyl sites for hydroxylation is 3. The highest BCUT2D eigenvalue weighted by molar-refractivity contribution is 6.30. The van der Waals surface area contributed by atoms with Crippen molar-refractivity contribution in [3.05, 3.63) is 64.7 Å². The van der Waals surface area contributed by atoms with Crippen LogP contribution in [0, 0.1) is 19.7 Å². The van der Waals surface area contributed by atoms with Crippen LogP contribution in [0.25, 0.3) is 22.4 Å². The summed E-state index contributed by atoms with van der Waals surface area (Å²) in [5.41, 5.74) is 4.46. The van der Waals surface area contributed by atoms with Crippen LogP contribution in [0.4, 0.5) is 4.39 Å². The van der Waals surface area contributed by atoms with Gasteiger partial charge < -0.3 is 4.74 Å². The molecule has 0 amide bonds. The first kappa shape index (κ1) is 23.2. The van der Waals surface area contributed by atoms with Crippen molar-refractivity contribution in [1.82, 2.24) is 29.7 Å². The van der Waals surface area contributed by atoms with Crippen molar-refractivity contribution in [3.63, 3.8) is 0 Å². The Morgan fingerprint density at radius 1 is 1.12 bits per heavy atom.